The summed E-state index contributed by atoms with van der Waals surface area (Å²) in [6.45, 7) is 10.6. The second-order valence-corrected chi connectivity index (χ2v) is 6.37. The number of aromatic nitrogens is 1. The van der Waals surface area contributed by atoms with Crippen LogP contribution in [0.5, 0.6) is 5.75 Å². The van der Waals surface area contributed by atoms with Crippen molar-refractivity contribution in [2.45, 2.75) is 59.6 Å². The topological polar surface area (TPSA) is 34.2 Å². The third-order valence-corrected chi connectivity index (χ3v) is 4.07. The van der Waals surface area contributed by atoms with Gasteiger partial charge in [-0.15, -0.1) is 0 Å². The Morgan fingerprint density at radius 3 is 2.60 bits per heavy atom. The maximum atomic E-state index is 6.33. The van der Waals surface area contributed by atoms with Gasteiger partial charge in [-0.1, -0.05) is 20.8 Å². The molecular formula is C17H28N2O. The molecule has 3 heteroatoms. The Balaban J connectivity index is 2.08. The average Bonchev–Trinajstić information content (AvgIpc) is 2.36. The highest BCUT2D eigenvalue weighted by atomic mass is 16.5. The van der Waals surface area contributed by atoms with Crippen LogP contribution < -0.4 is 10.1 Å². The van der Waals surface area contributed by atoms with Crippen molar-refractivity contribution in [1.82, 2.24) is 10.3 Å². The van der Waals surface area contributed by atoms with Gasteiger partial charge >= 0.3 is 0 Å². The van der Waals surface area contributed by atoms with Gasteiger partial charge in [0, 0.05) is 30.1 Å². The Kier molecular flexibility index (Phi) is 5.41. The van der Waals surface area contributed by atoms with Crippen molar-refractivity contribution in [3.8, 4) is 5.75 Å². The zero-order valence-electron chi connectivity index (χ0n) is 13.3. The highest BCUT2D eigenvalue weighted by Crippen LogP contribution is 2.32. The Labute approximate surface area is 123 Å². The second-order valence-electron chi connectivity index (χ2n) is 6.37. The van der Waals surface area contributed by atoms with E-state index < -0.39 is 0 Å². The summed E-state index contributed by atoms with van der Waals surface area (Å²) in [5, 5.41) is 3.36. The van der Waals surface area contributed by atoms with Crippen LogP contribution in [-0.4, -0.2) is 17.6 Å². The summed E-state index contributed by atoms with van der Waals surface area (Å²) < 4.78 is 6.33. The number of rotatable bonds is 5. The van der Waals surface area contributed by atoms with Gasteiger partial charge in [-0.3, -0.25) is 4.98 Å². The summed E-state index contributed by atoms with van der Waals surface area (Å²) in [4.78, 5) is 4.40. The van der Waals surface area contributed by atoms with Crippen LogP contribution in [0.15, 0.2) is 12.3 Å². The summed E-state index contributed by atoms with van der Waals surface area (Å²) in [5.41, 5.74) is 2.19. The van der Waals surface area contributed by atoms with Crippen molar-refractivity contribution < 1.29 is 4.74 Å². The number of nitrogens with one attached hydrogen (secondary N) is 1. The molecule has 2 unspecified atom stereocenters. The lowest BCUT2D eigenvalue weighted by Gasteiger charge is -2.32. The van der Waals surface area contributed by atoms with Crippen LogP contribution in [0, 0.1) is 18.8 Å². The number of nitrogens with zero attached hydrogens (tertiary/aromatic N) is 1. The smallest absolute Gasteiger partial charge is 0.127 e. The van der Waals surface area contributed by atoms with Gasteiger partial charge in [-0.25, -0.2) is 0 Å². The maximum absolute atomic E-state index is 6.33. The number of ether oxygens (including phenoxy) is 1. The molecule has 0 amide bonds. The van der Waals surface area contributed by atoms with Crippen LogP contribution in [0.1, 0.15) is 51.3 Å². The van der Waals surface area contributed by atoms with Crippen LogP contribution in [0.25, 0.3) is 0 Å². The fourth-order valence-electron chi connectivity index (χ4n) is 3.21. The number of hydrogen-bond acceptors (Lipinski definition) is 3. The first kappa shape index (κ1) is 15.3. The molecule has 0 bridgehead atoms. The Morgan fingerprint density at radius 1 is 1.25 bits per heavy atom. The molecule has 1 saturated carbocycles. The Bertz CT molecular complexity index is 423. The van der Waals surface area contributed by atoms with E-state index in [0.717, 1.165) is 36.4 Å². The third-order valence-electron chi connectivity index (χ3n) is 4.07. The largest absolute Gasteiger partial charge is 0.490 e. The lowest BCUT2D eigenvalue weighted by Crippen LogP contribution is -2.29. The van der Waals surface area contributed by atoms with E-state index in [0.29, 0.717) is 6.10 Å². The van der Waals surface area contributed by atoms with Gasteiger partial charge in [0.15, 0.2) is 0 Å². The van der Waals surface area contributed by atoms with Gasteiger partial charge in [0.25, 0.3) is 0 Å². The van der Waals surface area contributed by atoms with Crippen LogP contribution in [-0.2, 0) is 6.54 Å². The normalized spacial score (nSPS) is 26.5. The van der Waals surface area contributed by atoms with Gasteiger partial charge in [-0.05, 0) is 44.6 Å². The SMILES string of the molecule is CCNCc1cnc(C)cc1OC1CC(C)CC(C)C1. The van der Waals surface area contributed by atoms with Crippen molar-refractivity contribution in [2.75, 3.05) is 6.54 Å². The fraction of sp³-hybridized carbons (Fsp3) is 0.706. The van der Waals surface area contributed by atoms with Crippen molar-refractivity contribution in [1.29, 1.82) is 0 Å². The molecule has 0 aromatic carbocycles. The maximum Gasteiger partial charge on any atom is 0.127 e. The molecule has 112 valence electrons. The van der Waals surface area contributed by atoms with E-state index in [1.807, 2.05) is 13.1 Å². The van der Waals surface area contributed by atoms with E-state index in [2.05, 4.69) is 37.1 Å². The van der Waals surface area contributed by atoms with Gasteiger partial charge in [0.2, 0.25) is 0 Å². The molecule has 0 spiro atoms. The summed E-state index contributed by atoms with van der Waals surface area (Å²) in [7, 11) is 0. The van der Waals surface area contributed by atoms with Crippen LogP contribution >= 0.6 is 0 Å². The lowest BCUT2D eigenvalue weighted by atomic mass is 9.82. The second kappa shape index (κ2) is 7.07. The molecule has 20 heavy (non-hydrogen) atoms. The van der Waals surface area contributed by atoms with Gasteiger partial charge in [0.05, 0.1) is 6.10 Å². The number of pyridine rings is 1. The van der Waals surface area contributed by atoms with E-state index in [4.69, 9.17) is 4.74 Å². The summed E-state index contributed by atoms with van der Waals surface area (Å²) >= 11 is 0. The van der Waals surface area contributed by atoms with E-state index >= 15 is 0 Å². The van der Waals surface area contributed by atoms with Gasteiger partial charge < -0.3 is 10.1 Å². The monoisotopic (exact) mass is 276 g/mol. The zero-order valence-corrected chi connectivity index (χ0v) is 13.3. The first-order chi connectivity index (χ1) is 9.58. The summed E-state index contributed by atoms with van der Waals surface area (Å²) in [6.07, 6.45) is 5.98. The number of hydrogen-bond donors (Lipinski definition) is 1. The minimum atomic E-state index is 0.357. The molecule has 0 radical (unpaired) electrons. The predicted molar refractivity (Wildman–Crippen MR) is 82.9 cm³/mol. The average molecular weight is 276 g/mol. The van der Waals surface area contributed by atoms with E-state index in [1.165, 1.54) is 24.8 Å². The highest BCUT2D eigenvalue weighted by molar-refractivity contribution is 5.33. The molecule has 3 nitrogen and oxygen atoms in total. The van der Waals surface area contributed by atoms with Crippen LogP contribution in [0.4, 0.5) is 0 Å². The Morgan fingerprint density at radius 2 is 1.95 bits per heavy atom. The highest BCUT2D eigenvalue weighted by Gasteiger charge is 2.25. The predicted octanol–water partition coefficient (Wildman–Crippen LogP) is 3.70. The molecule has 1 aromatic heterocycles. The minimum Gasteiger partial charge on any atom is -0.490 e. The minimum absolute atomic E-state index is 0.357. The quantitative estimate of drug-likeness (QED) is 0.890. The fourth-order valence-corrected chi connectivity index (χ4v) is 3.21. The van der Waals surface area contributed by atoms with Crippen molar-refractivity contribution in [2.24, 2.45) is 11.8 Å². The number of aryl methyl sites for hydroxylation is 1. The first-order valence-electron chi connectivity index (χ1n) is 7.91. The van der Waals surface area contributed by atoms with Crippen molar-refractivity contribution in [3.63, 3.8) is 0 Å². The van der Waals surface area contributed by atoms with E-state index in [9.17, 15) is 0 Å². The van der Waals surface area contributed by atoms with Crippen LogP contribution in [0.2, 0.25) is 0 Å². The first-order valence-corrected chi connectivity index (χ1v) is 7.91. The zero-order chi connectivity index (χ0) is 14.5. The van der Waals surface area contributed by atoms with E-state index in [-0.39, 0.29) is 0 Å². The van der Waals surface area contributed by atoms with Gasteiger partial charge in [0.1, 0.15) is 5.75 Å². The Hall–Kier alpha value is -1.09. The molecule has 0 aliphatic heterocycles. The third kappa shape index (κ3) is 4.20. The van der Waals surface area contributed by atoms with E-state index in [1.54, 1.807) is 0 Å². The standard InChI is InChI=1S/C17H28N2O/c1-5-18-10-15-11-19-14(4)9-17(15)20-16-7-12(2)6-13(3)8-16/h9,11-13,16,18H,5-8,10H2,1-4H3. The molecule has 1 aliphatic rings. The van der Waals surface area contributed by atoms with Crippen molar-refractivity contribution >= 4 is 0 Å². The molecule has 1 fully saturated rings. The molecule has 2 atom stereocenters. The summed E-state index contributed by atoms with van der Waals surface area (Å²) in [5.74, 6) is 2.55. The molecular weight excluding hydrogens is 248 g/mol. The van der Waals surface area contributed by atoms with Crippen LogP contribution in [0.3, 0.4) is 0 Å². The summed E-state index contributed by atoms with van der Waals surface area (Å²) in [6, 6.07) is 2.08. The van der Waals surface area contributed by atoms with Crippen molar-refractivity contribution in [3.05, 3.63) is 23.5 Å². The van der Waals surface area contributed by atoms with Gasteiger partial charge in [-0.2, -0.15) is 0 Å². The molecule has 1 aliphatic carbocycles. The molecule has 1 heterocycles. The molecule has 1 N–H and O–H groups in total. The lowest BCUT2D eigenvalue weighted by molar-refractivity contribution is 0.0998. The molecule has 0 saturated heterocycles. The molecule has 2 rings (SSSR count). The molecule has 1 aromatic rings.